The van der Waals surface area contributed by atoms with Crippen LogP contribution in [-0.4, -0.2) is 56.7 Å². The van der Waals surface area contributed by atoms with E-state index in [1.165, 1.54) is 0 Å². The number of carbonyl (C=O) groups is 1. The second-order valence-corrected chi connectivity index (χ2v) is 8.11. The lowest BCUT2D eigenvalue weighted by molar-refractivity contribution is 0.0746. The number of carbonyl (C=O) groups excluding carboxylic acids is 1. The number of hydrogen-bond acceptors (Lipinski definition) is 5. The summed E-state index contributed by atoms with van der Waals surface area (Å²) >= 11 is 0. The lowest BCUT2D eigenvalue weighted by atomic mass is 10.1. The Morgan fingerprint density at radius 3 is 2.23 bits per heavy atom. The molecule has 2 aromatic heterocycles. The Labute approximate surface area is 177 Å². The zero-order valence-corrected chi connectivity index (χ0v) is 18.0. The van der Waals surface area contributed by atoms with Crippen molar-refractivity contribution in [1.29, 1.82) is 0 Å². The van der Waals surface area contributed by atoms with Crippen LogP contribution in [0, 0.1) is 13.8 Å². The number of benzene rings is 1. The number of aryl methyl sites for hydroxylation is 2. The Hall–Kier alpha value is -3.22. The monoisotopic (exact) mass is 404 g/mol. The average Bonchev–Trinajstić information content (AvgIpc) is 3.19. The van der Waals surface area contributed by atoms with E-state index in [1.54, 1.807) is 0 Å². The summed E-state index contributed by atoms with van der Waals surface area (Å²) in [5.41, 5.74) is 3.60. The molecule has 0 atom stereocenters. The molecule has 3 aromatic rings. The number of anilines is 1. The van der Waals surface area contributed by atoms with E-state index in [4.69, 9.17) is 4.98 Å². The Kier molecular flexibility index (Phi) is 5.53. The van der Waals surface area contributed by atoms with Crippen LogP contribution < -0.4 is 4.90 Å². The molecule has 0 aliphatic carbocycles. The molecule has 0 N–H and O–H groups in total. The molecule has 0 bridgehead atoms. The summed E-state index contributed by atoms with van der Waals surface area (Å²) in [6.45, 7) is 11.1. The molecular formula is C23H28N6O. The van der Waals surface area contributed by atoms with Crippen LogP contribution in [0.1, 0.15) is 47.3 Å². The molecule has 1 amide bonds. The highest BCUT2D eigenvalue weighted by atomic mass is 16.2. The van der Waals surface area contributed by atoms with E-state index in [-0.39, 0.29) is 5.91 Å². The van der Waals surface area contributed by atoms with E-state index < -0.39 is 0 Å². The first-order valence-corrected chi connectivity index (χ1v) is 10.4. The van der Waals surface area contributed by atoms with Gasteiger partial charge in [0.05, 0.1) is 11.4 Å². The second-order valence-electron chi connectivity index (χ2n) is 8.11. The van der Waals surface area contributed by atoms with Gasteiger partial charge in [-0.1, -0.05) is 13.8 Å². The molecule has 30 heavy (non-hydrogen) atoms. The number of piperazine rings is 1. The van der Waals surface area contributed by atoms with Gasteiger partial charge in [0, 0.05) is 55.6 Å². The van der Waals surface area contributed by atoms with Gasteiger partial charge in [0.25, 0.3) is 5.91 Å². The van der Waals surface area contributed by atoms with Crippen molar-refractivity contribution in [3.63, 3.8) is 0 Å². The van der Waals surface area contributed by atoms with Gasteiger partial charge in [0.2, 0.25) is 0 Å². The number of rotatable bonds is 4. The molecule has 3 heterocycles. The molecule has 7 heteroatoms. The van der Waals surface area contributed by atoms with Crippen LogP contribution in [0.3, 0.4) is 0 Å². The molecule has 0 radical (unpaired) electrons. The van der Waals surface area contributed by atoms with Crippen LogP contribution in [0.15, 0.2) is 42.6 Å². The third-order valence-corrected chi connectivity index (χ3v) is 5.37. The zero-order chi connectivity index (χ0) is 21.3. The van der Waals surface area contributed by atoms with E-state index in [0.29, 0.717) is 24.6 Å². The summed E-state index contributed by atoms with van der Waals surface area (Å²) < 4.78 is 1.82. The van der Waals surface area contributed by atoms with Crippen molar-refractivity contribution in [3.05, 3.63) is 65.4 Å². The molecular weight excluding hydrogens is 376 g/mol. The van der Waals surface area contributed by atoms with E-state index in [2.05, 4.69) is 28.8 Å². The maximum atomic E-state index is 13.0. The van der Waals surface area contributed by atoms with Crippen LogP contribution in [0.4, 0.5) is 5.82 Å². The minimum atomic E-state index is 0.0691. The van der Waals surface area contributed by atoms with Gasteiger partial charge in [-0.25, -0.2) is 14.6 Å². The molecule has 1 aliphatic heterocycles. The molecule has 1 aliphatic rings. The lowest BCUT2D eigenvalue weighted by Crippen LogP contribution is -2.49. The minimum Gasteiger partial charge on any atom is -0.353 e. The summed E-state index contributed by atoms with van der Waals surface area (Å²) in [6, 6.07) is 11.6. The summed E-state index contributed by atoms with van der Waals surface area (Å²) in [4.78, 5) is 26.4. The SMILES string of the molecule is Cc1cc(N2CCN(C(=O)c3ccc(-n4ccc(C)n4)cc3)CC2)nc(C(C)C)n1. The fourth-order valence-corrected chi connectivity index (χ4v) is 3.63. The van der Waals surface area contributed by atoms with Gasteiger partial charge in [0.15, 0.2) is 0 Å². The third-order valence-electron chi connectivity index (χ3n) is 5.37. The largest absolute Gasteiger partial charge is 0.353 e. The van der Waals surface area contributed by atoms with E-state index in [0.717, 1.165) is 41.8 Å². The van der Waals surface area contributed by atoms with Crippen molar-refractivity contribution in [2.24, 2.45) is 0 Å². The Balaban J connectivity index is 1.41. The number of hydrogen-bond donors (Lipinski definition) is 0. The topological polar surface area (TPSA) is 67.2 Å². The predicted octanol–water partition coefficient (Wildman–Crippen LogP) is 3.36. The van der Waals surface area contributed by atoms with Gasteiger partial charge >= 0.3 is 0 Å². The average molecular weight is 405 g/mol. The smallest absolute Gasteiger partial charge is 0.253 e. The van der Waals surface area contributed by atoms with E-state index in [1.807, 2.05) is 66.0 Å². The molecule has 0 spiro atoms. The van der Waals surface area contributed by atoms with Crippen molar-refractivity contribution in [1.82, 2.24) is 24.6 Å². The van der Waals surface area contributed by atoms with Gasteiger partial charge in [-0.15, -0.1) is 0 Å². The van der Waals surface area contributed by atoms with Gasteiger partial charge in [-0.05, 0) is 44.2 Å². The highest BCUT2D eigenvalue weighted by Gasteiger charge is 2.23. The predicted molar refractivity (Wildman–Crippen MR) is 117 cm³/mol. The highest BCUT2D eigenvalue weighted by molar-refractivity contribution is 5.94. The molecule has 0 saturated carbocycles. The number of nitrogens with zero attached hydrogens (tertiary/aromatic N) is 6. The summed E-state index contributed by atoms with van der Waals surface area (Å²) in [7, 11) is 0. The Morgan fingerprint density at radius 2 is 1.63 bits per heavy atom. The van der Waals surface area contributed by atoms with Crippen LogP contribution in [0.25, 0.3) is 5.69 Å². The Morgan fingerprint density at radius 1 is 0.933 bits per heavy atom. The van der Waals surface area contributed by atoms with Crippen LogP contribution in [-0.2, 0) is 0 Å². The number of aromatic nitrogens is 4. The van der Waals surface area contributed by atoms with Crippen LogP contribution in [0.2, 0.25) is 0 Å². The molecule has 1 aromatic carbocycles. The van der Waals surface area contributed by atoms with Gasteiger partial charge < -0.3 is 9.80 Å². The zero-order valence-electron chi connectivity index (χ0n) is 18.0. The first-order chi connectivity index (χ1) is 14.4. The van der Waals surface area contributed by atoms with Crippen molar-refractivity contribution < 1.29 is 4.79 Å². The van der Waals surface area contributed by atoms with Crippen molar-refractivity contribution in [3.8, 4) is 5.69 Å². The quantitative estimate of drug-likeness (QED) is 0.667. The van der Waals surface area contributed by atoms with Gasteiger partial charge in [-0.3, -0.25) is 4.79 Å². The fourth-order valence-electron chi connectivity index (χ4n) is 3.63. The first kappa shape index (κ1) is 20.1. The minimum absolute atomic E-state index is 0.0691. The van der Waals surface area contributed by atoms with Crippen molar-refractivity contribution in [2.75, 3.05) is 31.1 Å². The second kappa shape index (κ2) is 8.26. The lowest BCUT2D eigenvalue weighted by Gasteiger charge is -2.35. The molecule has 7 nitrogen and oxygen atoms in total. The summed E-state index contributed by atoms with van der Waals surface area (Å²) in [5, 5.41) is 4.41. The maximum Gasteiger partial charge on any atom is 0.253 e. The molecule has 1 saturated heterocycles. The van der Waals surface area contributed by atoms with Gasteiger partial charge in [0.1, 0.15) is 11.6 Å². The standard InChI is InChI=1S/C23H28N6O/c1-16(2)22-24-18(4)15-21(25-22)27-11-13-28(14-12-27)23(30)19-5-7-20(8-6-19)29-10-9-17(3)26-29/h5-10,15-16H,11-14H2,1-4H3. The highest BCUT2D eigenvalue weighted by Crippen LogP contribution is 2.20. The summed E-state index contributed by atoms with van der Waals surface area (Å²) in [5.74, 6) is 2.19. The van der Waals surface area contributed by atoms with E-state index >= 15 is 0 Å². The van der Waals surface area contributed by atoms with Crippen LogP contribution >= 0.6 is 0 Å². The number of amides is 1. The Bertz CT molecular complexity index is 1030. The maximum absolute atomic E-state index is 13.0. The fraction of sp³-hybridized carbons (Fsp3) is 0.391. The van der Waals surface area contributed by atoms with E-state index in [9.17, 15) is 4.79 Å². The van der Waals surface area contributed by atoms with Crippen molar-refractivity contribution >= 4 is 11.7 Å². The summed E-state index contributed by atoms with van der Waals surface area (Å²) in [6.07, 6.45) is 1.92. The molecule has 4 rings (SSSR count). The van der Waals surface area contributed by atoms with Crippen molar-refractivity contribution in [2.45, 2.75) is 33.6 Å². The van der Waals surface area contributed by atoms with Crippen LogP contribution in [0.5, 0.6) is 0 Å². The normalized spacial score (nSPS) is 14.4. The third kappa shape index (κ3) is 4.20. The molecule has 0 unspecified atom stereocenters. The molecule has 156 valence electrons. The van der Waals surface area contributed by atoms with Gasteiger partial charge in [-0.2, -0.15) is 5.10 Å². The first-order valence-electron chi connectivity index (χ1n) is 10.4. The molecule has 1 fully saturated rings.